The van der Waals surface area contributed by atoms with Crippen LogP contribution in [0.25, 0.3) is 0 Å². The second-order valence-electron chi connectivity index (χ2n) is 5.24. The van der Waals surface area contributed by atoms with E-state index in [4.69, 9.17) is 5.73 Å². The number of aliphatic imine (C=N–C) groups is 1. The minimum atomic E-state index is 0.108. The van der Waals surface area contributed by atoms with E-state index in [-0.39, 0.29) is 5.41 Å². The van der Waals surface area contributed by atoms with Gasteiger partial charge in [0.2, 0.25) is 0 Å². The molecule has 2 N–H and O–H groups in total. The molecule has 0 saturated carbocycles. The van der Waals surface area contributed by atoms with Crippen LogP contribution in [0.5, 0.6) is 0 Å². The van der Waals surface area contributed by atoms with Gasteiger partial charge in [-0.05, 0) is 13.8 Å². The van der Waals surface area contributed by atoms with E-state index in [1.807, 2.05) is 4.90 Å². The number of rotatable bonds is 4. The SMILES string of the molecule is CCN(CC)C(N)=NCc1csc(C(C)(C)C)n1. The highest BCUT2D eigenvalue weighted by molar-refractivity contribution is 7.09. The van der Waals surface area contributed by atoms with Crippen molar-refractivity contribution in [2.45, 2.75) is 46.6 Å². The summed E-state index contributed by atoms with van der Waals surface area (Å²) in [5.41, 5.74) is 7.04. The summed E-state index contributed by atoms with van der Waals surface area (Å²) in [7, 11) is 0. The zero-order chi connectivity index (χ0) is 13.8. The van der Waals surface area contributed by atoms with Gasteiger partial charge in [0.15, 0.2) is 5.96 Å². The van der Waals surface area contributed by atoms with Gasteiger partial charge in [0.25, 0.3) is 0 Å². The molecule has 0 aromatic carbocycles. The Kier molecular flexibility index (Phi) is 5.14. The van der Waals surface area contributed by atoms with Crippen molar-refractivity contribution in [1.29, 1.82) is 0 Å². The summed E-state index contributed by atoms with van der Waals surface area (Å²) in [5, 5.41) is 3.22. The van der Waals surface area contributed by atoms with Gasteiger partial charge in [-0.2, -0.15) is 0 Å². The van der Waals surface area contributed by atoms with Crippen molar-refractivity contribution in [3.05, 3.63) is 16.1 Å². The molecule has 0 aliphatic carbocycles. The molecule has 0 amide bonds. The van der Waals surface area contributed by atoms with Crippen molar-refractivity contribution in [2.75, 3.05) is 13.1 Å². The highest BCUT2D eigenvalue weighted by Crippen LogP contribution is 2.25. The van der Waals surface area contributed by atoms with E-state index in [2.05, 4.69) is 50.0 Å². The standard InChI is InChI=1S/C13H24N4S/c1-6-17(7-2)12(14)15-8-10-9-18-11(16-10)13(3,4)5/h9H,6-8H2,1-5H3,(H2,14,15). The lowest BCUT2D eigenvalue weighted by Crippen LogP contribution is -2.37. The van der Waals surface area contributed by atoms with Crippen LogP contribution in [0.4, 0.5) is 0 Å². The molecule has 1 rings (SSSR count). The van der Waals surface area contributed by atoms with Crippen LogP contribution in [0.1, 0.15) is 45.3 Å². The second-order valence-corrected chi connectivity index (χ2v) is 6.10. The highest BCUT2D eigenvalue weighted by Gasteiger charge is 2.17. The number of guanidine groups is 1. The fourth-order valence-corrected chi connectivity index (χ4v) is 2.43. The average Bonchev–Trinajstić information content (AvgIpc) is 2.76. The molecule has 0 fully saturated rings. The third-order valence-corrected chi connectivity index (χ3v) is 4.00. The molecule has 0 atom stereocenters. The minimum absolute atomic E-state index is 0.108. The van der Waals surface area contributed by atoms with Gasteiger partial charge in [-0.25, -0.2) is 9.98 Å². The predicted octanol–water partition coefficient (Wildman–Crippen LogP) is 2.60. The lowest BCUT2D eigenvalue weighted by atomic mass is 9.98. The molecule has 0 spiro atoms. The molecule has 5 heteroatoms. The minimum Gasteiger partial charge on any atom is -0.370 e. The van der Waals surface area contributed by atoms with Crippen LogP contribution in [0.15, 0.2) is 10.4 Å². The van der Waals surface area contributed by atoms with E-state index in [1.165, 1.54) is 0 Å². The van der Waals surface area contributed by atoms with Crippen molar-refractivity contribution in [2.24, 2.45) is 10.7 Å². The summed E-state index contributed by atoms with van der Waals surface area (Å²) in [6, 6.07) is 0. The van der Waals surface area contributed by atoms with Crippen LogP contribution in [0.2, 0.25) is 0 Å². The van der Waals surface area contributed by atoms with Crippen LogP contribution >= 0.6 is 11.3 Å². The molecule has 1 heterocycles. The summed E-state index contributed by atoms with van der Waals surface area (Å²) in [4.78, 5) is 11.0. The maximum atomic E-state index is 5.93. The number of hydrogen-bond acceptors (Lipinski definition) is 3. The van der Waals surface area contributed by atoms with Gasteiger partial charge in [0.05, 0.1) is 17.2 Å². The monoisotopic (exact) mass is 268 g/mol. The molecule has 18 heavy (non-hydrogen) atoms. The molecular weight excluding hydrogens is 244 g/mol. The normalized spacial score (nSPS) is 12.8. The first-order valence-corrected chi connectivity index (χ1v) is 7.26. The van der Waals surface area contributed by atoms with Crippen LogP contribution < -0.4 is 5.73 Å². The molecule has 0 aliphatic rings. The Labute approximate surface area is 114 Å². The number of aromatic nitrogens is 1. The Bertz CT molecular complexity index is 399. The van der Waals surface area contributed by atoms with Crippen molar-refractivity contribution < 1.29 is 0 Å². The van der Waals surface area contributed by atoms with Gasteiger partial charge in [-0.15, -0.1) is 11.3 Å². The van der Waals surface area contributed by atoms with E-state index in [0.29, 0.717) is 12.5 Å². The summed E-state index contributed by atoms with van der Waals surface area (Å²) in [5.74, 6) is 0.602. The Balaban J connectivity index is 2.69. The fourth-order valence-electron chi connectivity index (χ4n) is 1.53. The number of hydrogen-bond donors (Lipinski definition) is 1. The van der Waals surface area contributed by atoms with Crippen LogP contribution in [0, 0.1) is 0 Å². The Morgan fingerprint density at radius 2 is 2.00 bits per heavy atom. The van der Waals surface area contributed by atoms with E-state index >= 15 is 0 Å². The summed E-state index contributed by atoms with van der Waals surface area (Å²) >= 11 is 1.69. The first-order chi connectivity index (χ1) is 8.38. The number of nitrogens with two attached hydrogens (primary N) is 1. The van der Waals surface area contributed by atoms with Gasteiger partial charge in [0.1, 0.15) is 0 Å². The van der Waals surface area contributed by atoms with Crippen LogP contribution in [-0.4, -0.2) is 28.9 Å². The van der Waals surface area contributed by atoms with Gasteiger partial charge in [0, 0.05) is 23.9 Å². The average molecular weight is 268 g/mol. The summed E-state index contributed by atoms with van der Waals surface area (Å²) in [6.45, 7) is 13.0. The Morgan fingerprint density at radius 3 is 2.44 bits per heavy atom. The maximum Gasteiger partial charge on any atom is 0.191 e. The highest BCUT2D eigenvalue weighted by atomic mass is 32.1. The molecular formula is C13H24N4S. The molecule has 0 bridgehead atoms. The van der Waals surface area contributed by atoms with Crippen LogP contribution in [0.3, 0.4) is 0 Å². The van der Waals surface area contributed by atoms with E-state index in [9.17, 15) is 0 Å². The molecule has 0 unspecified atom stereocenters. The van der Waals surface area contributed by atoms with Crippen molar-refractivity contribution >= 4 is 17.3 Å². The predicted molar refractivity (Wildman–Crippen MR) is 79.1 cm³/mol. The summed E-state index contributed by atoms with van der Waals surface area (Å²) in [6.07, 6.45) is 0. The van der Waals surface area contributed by atoms with E-state index < -0.39 is 0 Å². The van der Waals surface area contributed by atoms with Crippen molar-refractivity contribution in [1.82, 2.24) is 9.88 Å². The topological polar surface area (TPSA) is 54.5 Å². The lowest BCUT2D eigenvalue weighted by molar-refractivity contribution is 0.458. The Morgan fingerprint density at radius 1 is 1.39 bits per heavy atom. The molecule has 4 nitrogen and oxygen atoms in total. The molecule has 0 saturated heterocycles. The number of thiazole rings is 1. The first-order valence-electron chi connectivity index (χ1n) is 6.38. The third kappa shape index (κ3) is 3.98. The number of nitrogens with zero attached hydrogens (tertiary/aromatic N) is 3. The zero-order valence-corrected chi connectivity index (χ0v) is 12.8. The zero-order valence-electron chi connectivity index (χ0n) is 12.0. The fraction of sp³-hybridized carbons (Fsp3) is 0.692. The van der Waals surface area contributed by atoms with Crippen LogP contribution in [-0.2, 0) is 12.0 Å². The quantitative estimate of drug-likeness (QED) is 0.674. The smallest absolute Gasteiger partial charge is 0.191 e. The largest absolute Gasteiger partial charge is 0.370 e. The molecule has 0 radical (unpaired) electrons. The molecule has 0 aliphatic heterocycles. The molecule has 102 valence electrons. The van der Waals surface area contributed by atoms with E-state index in [1.54, 1.807) is 11.3 Å². The van der Waals surface area contributed by atoms with Gasteiger partial charge in [-0.1, -0.05) is 20.8 Å². The third-order valence-electron chi connectivity index (χ3n) is 2.68. The van der Waals surface area contributed by atoms with Crippen molar-refractivity contribution in [3.8, 4) is 0 Å². The van der Waals surface area contributed by atoms with E-state index in [0.717, 1.165) is 23.8 Å². The molecule has 1 aromatic heterocycles. The van der Waals surface area contributed by atoms with Gasteiger partial charge in [-0.3, -0.25) is 0 Å². The lowest BCUT2D eigenvalue weighted by Gasteiger charge is -2.19. The van der Waals surface area contributed by atoms with Gasteiger partial charge < -0.3 is 10.6 Å². The first kappa shape index (κ1) is 15.0. The van der Waals surface area contributed by atoms with Gasteiger partial charge >= 0.3 is 0 Å². The molecule has 1 aromatic rings. The summed E-state index contributed by atoms with van der Waals surface area (Å²) < 4.78 is 0. The maximum absolute atomic E-state index is 5.93. The second kappa shape index (κ2) is 6.18. The Hall–Kier alpha value is -1.10. The van der Waals surface area contributed by atoms with Crippen molar-refractivity contribution in [3.63, 3.8) is 0 Å².